The van der Waals surface area contributed by atoms with Gasteiger partial charge < -0.3 is 19.1 Å². The van der Waals surface area contributed by atoms with Crippen molar-refractivity contribution in [2.24, 2.45) is 5.92 Å². The smallest absolute Gasteiger partial charge is 0.266 e. The summed E-state index contributed by atoms with van der Waals surface area (Å²) in [6.07, 6.45) is 6.13. The molecule has 3 aromatic rings. The molecule has 1 aromatic carbocycles. The van der Waals surface area contributed by atoms with Crippen LogP contribution in [0.5, 0.6) is 0 Å². The summed E-state index contributed by atoms with van der Waals surface area (Å²) in [4.78, 5) is 19.2. The minimum absolute atomic E-state index is 0.0386. The van der Waals surface area contributed by atoms with E-state index < -0.39 is 0 Å². The molecule has 0 bridgehead atoms. The Morgan fingerprint density at radius 1 is 1.16 bits per heavy atom. The summed E-state index contributed by atoms with van der Waals surface area (Å²) in [5, 5.41) is 12.8. The summed E-state index contributed by atoms with van der Waals surface area (Å²) >= 11 is 0. The first kappa shape index (κ1) is 19.4. The first-order chi connectivity index (χ1) is 15.2. The fourth-order valence-electron chi connectivity index (χ4n) is 4.64. The molecule has 0 saturated carbocycles. The Morgan fingerprint density at radius 2 is 2.00 bits per heavy atom. The van der Waals surface area contributed by atoms with Crippen LogP contribution >= 0.6 is 0 Å². The molecule has 7 heteroatoms. The Kier molecular flexibility index (Phi) is 5.21. The molecule has 1 aliphatic carbocycles. The summed E-state index contributed by atoms with van der Waals surface area (Å²) in [5.41, 5.74) is 2.84. The Labute approximate surface area is 180 Å². The normalized spacial score (nSPS) is 18.9. The highest BCUT2D eigenvalue weighted by Gasteiger charge is 2.31. The number of amides is 1. The van der Waals surface area contributed by atoms with E-state index in [0.717, 1.165) is 19.3 Å². The van der Waals surface area contributed by atoms with Crippen LogP contribution in [0.2, 0.25) is 0 Å². The number of oxazole rings is 1. The molecule has 1 saturated heterocycles. The van der Waals surface area contributed by atoms with E-state index in [2.05, 4.69) is 34.6 Å². The van der Waals surface area contributed by atoms with Gasteiger partial charge in [-0.2, -0.15) is 10.2 Å². The SMILES string of the molecule is N#Cc1nc(-c2ccco2)oc1N1CCC(C(=O)N[C@@H]2CCCc3ccccc32)CC1. The number of anilines is 1. The van der Waals surface area contributed by atoms with E-state index >= 15 is 0 Å². The van der Waals surface area contributed by atoms with Gasteiger partial charge in [0.25, 0.3) is 5.89 Å². The van der Waals surface area contributed by atoms with Gasteiger partial charge in [-0.3, -0.25) is 4.79 Å². The molecule has 7 nitrogen and oxygen atoms in total. The minimum atomic E-state index is -0.0386. The van der Waals surface area contributed by atoms with Crippen molar-refractivity contribution in [2.45, 2.75) is 38.1 Å². The molecule has 3 heterocycles. The van der Waals surface area contributed by atoms with E-state index in [1.165, 1.54) is 11.1 Å². The number of aryl methyl sites for hydroxylation is 1. The number of carbonyl (C=O) groups is 1. The number of benzene rings is 1. The van der Waals surface area contributed by atoms with Crippen LogP contribution in [0.4, 0.5) is 5.88 Å². The zero-order valence-electron chi connectivity index (χ0n) is 17.2. The van der Waals surface area contributed by atoms with E-state index in [4.69, 9.17) is 8.83 Å². The third-order valence-electron chi connectivity index (χ3n) is 6.29. The van der Waals surface area contributed by atoms with E-state index in [-0.39, 0.29) is 23.6 Å². The zero-order valence-corrected chi connectivity index (χ0v) is 17.2. The molecular formula is C24H24N4O3. The lowest BCUT2D eigenvalue weighted by atomic mass is 9.87. The third-order valence-corrected chi connectivity index (χ3v) is 6.29. The van der Waals surface area contributed by atoms with Gasteiger partial charge in [-0.05, 0) is 55.4 Å². The van der Waals surface area contributed by atoms with Crippen molar-refractivity contribution in [3.8, 4) is 17.7 Å². The predicted octanol–water partition coefficient (Wildman–Crippen LogP) is 4.22. The fraction of sp³-hybridized carbons (Fsp3) is 0.375. The molecular weight excluding hydrogens is 392 g/mol. The Hall–Kier alpha value is -3.53. The van der Waals surface area contributed by atoms with Gasteiger partial charge in [0.1, 0.15) is 6.07 Å². The number of piperidine rings is 1. The van der Waals surface area contributed by atoms with Crippen LogP contribution in [0, 0.1) is 17.2 Å². The number of nitrogens with one attached hydrogen (secondary N) is 1. The quantitative estimate of drug-likeness (QED) is 0.684. The zero-order chi connectivity index (χ0) is 21.2. The van der Waals surface area contributed by atoms with Crippen molar-refractivity contribution in [1.29, 1.82) is 5.26 Å². The lowest BCUT2D eigenvalue weighted by Gasteiger charge is -2.33. The van der Waals surface area contributed by atoms with E-state index in [0.29, 0.717) is 43.5 Å². The molecule has 1 N–H and O–H groups in total. The second-order valence-electron chi connectivity index (χ2n) is 8.18. The predicted molar refractivity (Wildman–Crippen MR) is 114 cm³/mol. The van der Waals surface area contributed by atoms with Gasteiger partial charge in [-0.1, -0.05) is 24.3 Å². The topological polar surface area (TPSA) is 95.3 Å². The van der Waals surface area contributed by atoms with Crippen molar-refractivity contribution in [2.75, 3.05) is 18.0 Å². The molecule has 1 amide bonds. The molecule has 2 aliphatic rings. The number of carbonyl (C=O) groups excluding carboxylic acids is 1. The van der Waals surface area contributed by atoms with Gasteiger partial charge in [0, 0.05) is 19.0 Å². The second-order valence-corrected chi connectivity index (χ2v) is 8.18. The highest BCUT2D eigenvalue weighted by molar-refractivity contribution is 5.79. The number of rotatable bonds is 4. The van der Waals surface area contributed by atoms with Crippen molar-refractivity contribution in [3.63, 3.8) is 0 Å². The maximum atomic E-state index is 13.0. The monoisotopic (exact) mass is 416 g/mol. The number of nitriles is 1. The van der Waals surface area contributed by atoms with E-state index in [1.54, 1.807) is 18.4 Å². The number of aromatic nitrogens is 1. The molecule has 2 aromatic heterocycles. The molecule has 1 atom stereocenters. The fourth-order valence-corrected chi connectivity index (χ4v) is 4.64. The highest BCUT2D eigenvalue weighted by Crippen LogP contribution is 2.33. The number of hydrogen-bond donors (Lipinski definition) is 1. The second kappa shape index (κ2) is 8.31. The van der Waals surface area contributed by atoms with Gasteiger partial charge in [0.2, 0.25) is 17.5 Å². The number of hydrogen-bond acceptors (Lipinski definition) is 6. The molecule has 0 spiro atoms. The molecule has 5 rings (SSSR count). The van der Waals surface area contributed by atoms with Crippen LogP contribution < -0.4 is 10.2 Å². The standard InChI is InChI=1S/C24H24N4O3/c25-15-20-24(31-23(27-20)21-9-4-14-30-21)28-12-10-17(11-13-28)22(29)26-19-8-3-6-16-5-1-2-7-18(16)19/h1-2,4-5,7,9,14,17,19H,3,6,8,10-13H2,(H,26,29)/t19-/m1/s1. The van der Waals surface area contributed by atoms with E-state index in [9.17, 15) is 10.1 Å². The maximum Gasteiger partial charge on any atom is 0.266 e. The lowest BCUT2D eigenvalue weighted by Crippen LogP contribution is -2.42. The molecule has 0 unspecified atom stereocenters. The summed E-state index contributed by atoms with van der Waals surface area (Å²) in [6, 6.07) is 14.1. The molecule has 0 radical (unpaired) electrons. The maximum absolute atomic E-state index is 13.0. The van der Waals surface area contributed by atoms with Crippen molar-refractivity contribution in [1.82, 2.24) is 10.3 Å². The van der Waals surface area contributed by atoms with Crippen molar-refractivity contribution >= 4 is 11.8 Å². The van der Waals surface area contributed by atoms with Crippen molar-refractivity contribution < 1.29 is 13.6 Å². The third kappa shape index (κ3) is 3.81. The van der Waals surface area contributed by atoms with Gasteiger partial charge in [-0.15, -0.1) is 0 Å². The van der Waals surface area contributed by atoms with Crippen LogP contribution in [0.3, 0.4) is 0 Å². The largest absolute Gasteiger partial charge is 0.459 e. The van der Waals surface area contributed by atoms with Crippen LogP contribution in [0.15, 0.2) is 51.5 Å². The Balaban J connectivity index is 1.23. The van der Waals surface area contributed by atoms with Gasteiger partial charge in [-0.25, -0.2) is 0 Å². The average molecular weight is 416 g/mol. The minimum Gasteiger partial charge on any atom is -0.459 e. The highest BCUT2D eigenvalue weighted by atomic mass is 16.4. The van der Waals surface area contributed by atoms with Crippen molar-refractivity contribution in [3.05, 3.63) is 59.5 Å². The number of furan rings is 1. The average Bonchev–Trinajstić information content (AvgIpc) is 3.49. The van der Waals surface area contributed by atoms with Gasteiger partial charge in [0.15, 0.2) is 5.76 Å². The Morgan fingerprint density at radius 3 is 2.77 bits per heavy atom. The first-order valence-electron chi connectivity index (χ1n) is 10.8. The molecule has 158 valence electrons. The number of nitrogens with zero attached hydrogens (tertiary/aromatic N) is 3. The first-order valence-corrected chi connectivity index (χ1v) is 10.8. The van der Waals surface area contributed by atoms with Crippen LogP contribution in [0.1, 0.15) is 48.5 Å². The molecule has 1 fully saturated rings. The summed E-state index contributed by atoms with van der Waals surface area (Å²) in [6.45, 7) is 1.28. The molecule has 31 heavy (non-hydrogen) atoms. The van der Waals surface area contributed by atoms with Gasteiger partial charge in [0.05, 0.1) is 12.3 Å². The Bertz CT molecular complexity index is 1100. The lowest BCUT2D eigenvalue weighted by molar-refractivity contribution is -0.126. The molecule has 1 aliphatic heterocycles. The van der Waals surface area contributed by atoms with Gasteiger partial charge >= 0.3 is 0 Å². The summed E-state index contributed by atoms with van der Waals surface area (Å²) in [7, 11) is 0. The van der Waals surface area contributed by atoms with Crippen LogP contribution in [-0.4, -0.2) is 24.0 Å². The van der Waals surface area contributed by atoms with E-state index in [1.807, 2.05) is 11.0 Å². The van der Waals surface area contributed by atoms with Crippen LogP contribution in [-0.2, 0) is 11.2 Å². The summed E-state index contributed by atoms with van der Waals surface area (Å²) in [5.74, 6) is 1.32. The van der Waals surface area contributed by atoms with Crippen LogP contribution in [0.25, 0.3) is 11.7 Å². The number of fused-ring (bicyclic) bond motifs is 1. The summed E-state index contributed by atoms with van der Waals surface area (Å²) < 4.78 is 11.2.